The van der Waals surface area contributed by atoms with Crippen LogP contribution in [0.15, 0.2) is 28.9 Å². The highest BCUT2D eigenvalue weighted by atomic mass is 35.5. The molecule has 0 radical (unpaired) electrons. The molecule has 0 aliphatic carbocycles. The summed E-state index contributed by atoms with van der Waals surface area (Å²) in [4.78, 5) is 11.7. The van der Waals surface area contributed by atoms with Crippen LogP contribution in [0.25, 0.3) is 11.0 Å². The van der Waals surface area contributed by atoms with Gasteiger partial charge in [-0.3, -0.25) is 0 Å². The third-order valence-corrected chi connectivity index (χ3v) is 3.35. The van der Waals surface area contributed by atoms with Gasteiger partial charge in [0.05, 0.1) is 18.2 Å². The van der Waals surface area contributed by atoms with Crippen LogP contribution in [0, 0.1) is 0 Å². The van der Waals surface area contributed by atoms with Crippen LogP contribution in [0.3, 0.4) is 0 Å². The third-order valence-electron chi connectivity index (χ3n) is 3.18. The minimum atomic E-state index is 0.205. The maximum Gasteiger partial charge on any atom is 0.226 e. The van der Waals surface area contributed by atoms with Crippen molar-refractivity contribution in [3.05, 3.63) is 41.2 Å². The molecule has 7 heteroatoms. The summed E-state index contributed by atoms with van der Waals surface area (Å²) in [7, 11) is 0. The largest absolute Gasteiger partial charge is 0.467 e. The van der Waals surface area contributed by atoms with Crippen molar-refractivity contribution in [3.8, 4) is 0 Å². The van der Waals surface area contributed by atoms with Crippen molar-refractivity contribution < 1.29 is 4.42 Å². The van der Waals surface area contributed by atoms with Gasteiger partial charge >= 0.3 is 0 Å². The van der Waals surface area contributed by atoms with Crippen LogP contribution in [0.4, 0.5) is 5.82 Å². The first-order valence-corrected chi connectivity index (χ1v) is 7.15. The minimum Gasteiger partial charge on any atom is -0.467 e. The zero-order valence-corrected chi connectivity index (χ0v) is 12.2. The fraction of sp³-hybridized carbons (Fsp3) is 0.286. The molecule has 6 nitrogen and oxygen atoms in total. The molecule has 3 rings (SSSR count). The number of fused-ring (bicyclic) bond motifs is 1. The van der Waals surface area contributed by atoms with Crippen LogP contribution in [0.5, 0.6) is 0 Å². The summed E-state index contributed by atoms with van der Waals surface area (Å²) >= 11 is 5.97. The molecule has 21 heavy (non-hydrogen) atoms. The zero-order chi connectivity index (χ0) is 14.7. The predicted molar refractivity (Wildman–Crippen MR) is 82.3 cm³/mol. The van der Waals surface area contributed by atoms with Gasteiger partial charge in [-0.25, -0.2) is 4.98 Å². The lowest BCUT2D eigenvalue weighted by Gasteiger charge is -2.04. The number of halogens is 1. The Morgan fingerprint density at radius 2 is 2.29 bits per heavy atom. The number of aromatic nitrogens is 3. The average molecular weight is 306 g/mol. The Morgan fingerprint density at radius 1 is 1.38 bits per heavy atom. The molecule has 3 heterocycles. The number of rotatable bonds is 6. The molecule has 4 N–H and O–H groups in total. The molecule has 0 spiro atoms. The second-order valence-electron chi connectivity index (χ2n) is 4.72. The fourth-order valence-electron chi connectivity index (χ4n) is 2.18. The second-order valence-corrected chi connectivity index (χ2v) is 5.06. The lowest BCUT2D eigenvalue weighted by atomic mass is 10.2. The summed E-state index contributed by atoms with van der Waals surface area (Å²) in [5, 5.41) is 4.35. The monoisotopic (exact) mass is 305 g/mol. The van der Waals surface area contributed by atoms with Gasteiger partial charge in [-0.1, -0.05) is 0 Å². The molecule has 0 atom stereocenters. The average Bonchev–Trinajstić information content (AvgIpc) is 3.11. The lowest BCUT2D eigenvalue weighted by molar-refractivity contribution is 0.518. The molecule has 0 bridgehead atoms. The van der Waals surface area contributed by atoms with E-state index in [1.165, 1.54) is 0 Å². The fourth-order valence-corrected chi connectivity index (χ4v) is 2.35. The SMILES string of the molecule is NCCCc1cc2c(NCc3ccco3)nc(Cl)nc2[nH]1. The molecule has 3 aromatic heterocycles. The Labute approximate surface area is 126 Å². The Bertz CT molecular complexity index is 722. The van der Waals surface area contributed by atoms with E-state index in [1.54, 1.807) is 6.26 Å². The summed E-state index contributed by atoms with van der Waals surface area (Å²) < 4.78 is 5.30. The van der Waals surface area contributed by atoms with Crippen molar-refractivity contribution in [1.82, 2.24) is 15.0 Å². The maximum absolute atomic E-state index is 5.97. The van der Waals surface area contributed by atoms with Crippen molar-refractivity contribution in [1.29, 1.82) is 0 Å². The summed E-state index contributed by atoms with van der Waals surface area (Å²) in [6.45, 7) is 1.20. The van der Waals surface area contributed by atoms with Gasteiger partial charge in [0.15, 0.2) is 0 Å². The molecule has 0 saturated carbocycles. The molecule has 0 unspecified atom stereocenters. The van der Waals surface area contributed by atoms with Gasteiger partial charge in [-0.05, 0) is 49.2 Å². The summed E-state index contributed by atoms with van der Waals surface area (Å²) in [5.74, 6) is 1.52. The first kappa shape index (κ1) is 13.9. The molecule has 0 aliphatic rings. The van der Waals surface area contributed by atoms with Crippen LogP contribution in [0.1, 0.15) is 17.9 Å². The number of H-pyrrole nitrogens is 1. The highest BCUT2D eigenvalue weighted by molar-refractivity contribution is 6.28. The highest BCUT2D eigenvalue weighted by Crippen LogP contribution is 2.24. The number of anilines is 1. The number of furan rings is 1. The smallest absolute Gasteiger partial charge is 0.226 e. The molecule has 0 saturated heterocycles. The van der Waals surface area contributed by atoms with E-state index in [4.69, 9.17) is 21.8 Å². The molecule has 0 amide bonds. The second kappa shape index (κ2) is 6.15. The normalized spacial score (nSPS) is 11.1. The van der Waals surface area contributed by atoms with E-state index in [1.807, 2.05) is 18.2 Å². The van der Waals surface area contributed by atoms with Gasteiger partial charge in [0, 0.05) is 5.69 Å². The lowest BCUT2D eigenvalue weighted by Crippen LogP contribution is -2.01. The van der Waals surface area contributed by atoms with Crippen molar-refractivity contribution in [2.75, 3.05) is 11.9 Å². The van der Waals surface area contributed by atoms with Crippen LogP contribution >= 0.6 is 11.6 Å². The van der Waals surface area contributed by atoms with Crippen LogP contribution < -0.4 is 11.1 Å². The van der Waals surface area contributed by atoms with Crippen molar-refractivity contribution >= 4 is 28.5 Å². The van der Waals surface area contributed by atoms with E-state index in [0.717, 1.165) is 35.3 Å². The van der Waals surface area contributed by atoms with Gasteiger partial charge < -0.3 is 20.5 Å². The van der Waals surface area contributed by atoms with Crippen LogP contribution in [0.2, 0.25) is 5.28 Å². The maximum atomic E-state index is 5.97. The van der Waals surface area contributed by atoms with Crippen LogP contribution in [-0.4, -0.2) is 21.5 Å². The molecular formula is C14H16ClN5O. The van der Waals surface area contributed by atoms with Gasteiger partial charge in [0.2, 0.25) is 5.28 Å². The quantitative estimate of drug-likeness (QED) is 0.609. The first-order chi connectivity index (χ1) is 10.3. The summed E-state index contributed by atoms with van der Waals surface area (Å²) in [6, 6.07) is 5.78. The Morgan fingerprint density at radius 3 is 3.05 bits per heavy atom. The van der Waals surface area contributed by atoms with E-state index in [0.29, 0.717) is 18.9 Å². The van der Waals surface area contributed by atoms with Crippen LogP contribution in [-0.2, 0) is 13.0 Å². The van der Waals surface area contributed by atoms with E-state index in [2.05, 4.69) is 20.3 Å². The minimum absolute atomic E-state index is 0.205. The first-order valence-electron chi connectivity index (χ1n) is 6.77. The Kier molecular flexibility index (Phi) is 4.08. The zero-order valence-electron chi connectivity index (χ0n) is 11.4. The molecule has 3 aromatic rings. The molecule has 110 valence electrons. The van der Waals surface area contributed by atoms with Gasteiger partial charge in [0.25, 0.3) is 0 Å². The van der Waals surface area contributed by atoms with Gasteiger partial charge in [-0.2, -0.15) is 4.98 Å². The Balaban J connectivity index is 1.87. The van der Waals surface area contributed by atoms with Crippen molar-refractivity contribution in [2.24, 2.45) is 5.73 Å². The van der Waals surface area contributed by atoms with Gasteiger partial charge in [-0.15, -0.1) is 0 Å². The highest BCUT2D eigenvalue weighted by Gasteiger charge is 2.10. The summed E-state index contributed by atoms with van der Waals surface area (Å²) in [6.07, 6.45) is 3.44. The standard InChI is InChI=1S/C14H16ClN5O/c15-14-19-12(17-8-10-4-2-6-21-10)11-7-9(3-1-5-16)18-13(11)20-14/h2,4,6-7H,1,3,5,8,16H2,(H2,17,18,19,20). The molecule has 0 aliphatic heterocycles. The number of nitrogens with zero attached hydrogens (tertiary/aromatic N) is 2. The van der Waals surface area contributed by atoms with E-state index >= 15 is 0 Å². The number of nitrogens with one attached hydrogen (secondary N) is 2. The number of aryl methyl sites for hydroxylation is 1. The number of hydrogen-bond acceptors (Lipinski definition) is 5. The predicted octanol–water partition coefficient (Wildman–Crippen LogP) is 2.71. The number of aromatic amines is 1. The molecular weight excluding hydrogens is 290 g/mol. The molecule has 0 fully saturated rings. The molecule has 0 aromatic carbocycles. The van der Waals surface area contributed by atoms with Gasteiger partial charge in [0.1, 0.15) is 17.2 Å². The third kappa shape index (κ3) is 3.17. The van der Waals surface area contributed by atoms with Crippen molar-refractivity contribution in [2.45, 2.75) is 19.4 Å². The topological polar surface area (TPSA) is 92.8 Å². The van der Waals surface area contributed by atoms with E-state index in [-0.39, 0.29) is 5.28 Å². The number of hydrogen-bond donors (Lipinski definition) is 3. The summed E-state index contributed by atoms with van der Waals surface area (Å²) in [5.41, 5.74) is 7.34. The van der Waals surface area contributed by atoms with E-state index in [9.17, 15) is 0 Å². The van der Waals surface area contributed by atoms with E-state index < -0.39 is 0 Å². The number of nitrogens with two attached hydrogens (primary N) is 1. The Hall–Kier alpha value is -2.05. The van der Waals surface area contributed by atoms with Crippen molar-refractivity contribution in [3.63, 3.8) is 0 Å².